The SMILES string of the molecule is NC(=O)Nc1ccc(C(=O)OCC(=O)Nc2ccccc2Sc2ccc(Cl)cc2)cc1. The highest BCUT2D eigenvalue weighted by Crippen LogP contribution is 2.33. The van der Waals surface area contributed by atoms with E-state index in [0.717, 1.165) is 9.79 Å². The van der Waals surface area contributed by atoms with Gasteiger partial charge in [-0.3, -0.25) is 4.79 Å². The van der Waals surface area contributed by atoms with Crippen LogP contribution in [0.15, 0.2) is 82.6 Å². The van der Waals surface area contributed by atoms with Gasteiger partial charge < -0.3 is 21.1 Å². The highest BCUT2D eigenvalue weighted by molar-refractivity contribution is 7.99. The molecule has 0 saturated carbocycles. The number of hydrogen-bond donors (Lipinski definition) is 3. The lowest BCUT2D eigenvalue weighted by molar-refractivity contribution is -0.119. The van der Waals surface area contributed by atoms with Crippen molar-refractivity contribution in [1.82, 2.24) is 0 Å². The third-order valence-electron chi connectivity index (χ3n) is 3.93. The summed E-state index contributed by atoms with van der Waals surface area (Å²) in [5.41, 5.74) is 6.31. The summed E-state index contributed by atoms with van der Waals surface area (Å²) < 4.78 is 5.07. The molecule has 0 aliphatic rings. The van der Waals surface area contributed by atoms with Crippen LogP contribution < -0.4 is 16.4 Å². The van der Waals surface area contributed by atoms with E-state index >= 15 is 0 Å². The molecule has 3 aromatic rings. The van der Waals surface area contributed by atoms with Crippen molar-refractivity contribution in [1.29, 1.82) is 0 Å². The van der Waals surface area contributed by atoms with Crippen LogP contribution in [0.3, 0.4) is 0 Å². The molecule has 0 aliphatic carbocycles. The van der Waals surface area contributed by atoms with E-state index in [-0.39, 0.29) is 5.56 Å². The predicted octanol–water partition coefficient (Wildman–Crippen LogP) is 4.78. The number of para-hydroxylation sites is 1. The fourth-order valence-electron chi connectivity index (χ4n) is 2.52. The zero-order chi connectivity index (χ0) is 22.2. The van der Waals surface area contributed by atoms with Crippen molar-refractivity contribution in [2.45, 2.75) is 9.79 Å². The van der Waals surface area contributed by atoms with Crippen molar-refractivity contribution in [3.05, 3.63) is 83.4 Å². The number of benzene rings is 3. The van der Waals surface area contributed by atoms with Gasteiger partial charge in [0.25, 0.3) is 5.91 Å². The Kier molecular flexibility index (Phi) is 7.53. The first-order valence-electron chi connectivity index (χ1n) is 9.06. The molecule has 3 rings (SSSR count). The van der Waals surface area contributed by atoms with Gasteiger partial charge in [0.05, 0.1) is 11.3 Å². The molecule has 4 N–H and O–H groups in total. The Morgan fingerprint density at radius 3 is 2.26 bits per heavy atom. The van der Waals surface area contributed by atoms with Crippen molar-refractivity contribution in [2.75, 3.05) is 17.2 Å². The maximum atomic E-state index is 12.3. The van der Waals surface area contributed by atoms with Gasteiger partial charge in [-0.05, 0) is 60.7 Å². The molecule has 0 bridgehead atoms. The van der Waals surface area contributed by atoms with E-state index in [1.54, 1.807) is 24.3 Å². The molecular weight excluding hydrogens is 438 g/mol. The number of rotatable bonds is 7. The fourth-order valence-corrected chi connectivity index (χ4v) is 3.55. The van der Waals surface area contributed by atoms with Crippen LogP contribution in [0.25, 0.3) is 0 Å². The fraction of sp³-hybridized carbons (Fsp3) is 0.0455. The van der Waals surface area contributed by atoms with Crippen LogP contribution >= 0.6 is 23.4 Å². The van der Waals surface area contributed by atoms with Crippen LogP contribution in [-0.2, 0) is 9.53 Å². The third-order valence-corrected chi connectivity index (χ3v) is 5.26. The summed E-state index contributed by atoms with van der Waals surface area (Å²) in [7, 11) is 0. The number of halogens is 1. The van der Waals surface area contributed by atoms with E-state index in [1.807, 2.05) is 24.3 Å². The molecule has 0 unspecified atom stereocenters. The Hall–Kier alpha value is -3.49. The number of nitrogens with two attached hydrogens (primary N) is 1. The molecule has 31 heavy (non-hydrogen) atoms. The van der Waals surface area contributed by atoms with Crippen molar-refractivity contribution in [3.8, 4) is 0 Å². The van der Waals surface area contributed by atoms with E-state index in [4.69, 9.17) is 22.1 Å². The molecule has 9 heteroatoms. The molecule has 0 aliphatic heterocycles. The number of amides is 3. The molecule has 0 radical (unpaired) electrons. The summed E-state index contributed by atoms with van der Waals surface area (Å²) in [4.78, 5) is 37.1. The second-order valence-corrected chi connectivity index (χ2v) is 7.79. The van der Waals surface area contributed by atoms with Gasteiger partial charge in [-0.15, -0.1) is 0 Å². The topological polar surface area (TPSA) is 111 Å². The largest absolute Gasteiger partial charge is 0.452 e. The maximum absolute atomic E-state index is 12.3. The first-order chi connectivity index (χ1) is 14.9. The molecule has 0 heterocycles. The van der Waals surface area contributed by atoms with Crippen LogP contribution in [0.2, 0.25) is 5.02 Å². The van der Waals surface area contributed by atoms with E-state index in [9.17, 15) is 14.4 Å². The quantitative estimate of drug-likeness (QED) is 0.444. The lowest BCUT2D eigenvalue weighted by Gasteiger charge is -2.11. The molecule has 0 aromatic heterocycles. The molecule has 3 amide bonds. The number of ether oxygens (including phenoxy) is 1. The average Bonchev–Trinajstić information content (AvgIpc) is 2.75. The second kappa shape index (κ2) is 10.5. The van der Waals surface area contributed by atoms with Crippen LogP contribution in [0.4, 0.5) is 16.2 Å². The molecule has 0 atom stereocenters. The molecule has 0 fully saturated rings. The number of primary amides is 1. The zero-order valence-corrected chi connectivity index (χ0v) is 17.7. The average molecular weight is 456 g/mol. The molecule has 3 aromatic carbocycles. The van der Waals surface area contributed by atoms with Crippen molar-refractivity contribution < 1.29 is 19.1 Å². The molecular formula is C22H18ClN3O4S. The Labute approximate surface area is 187 Å². The number of urea groups is 1. The Bertz CT molecular complexity index is 1090. The number of carbonyl (C=O) groups excluding carboxylic acids is 3. The van der Waals surface area contributed by atoms with Gasteiger partial charge in [0.1, 0.15) is 0 Å². The lowest BCUT2D eigenvalue weighted by atomic mass is 10.2. The van der Waals surface area contributed by atoms with E-state index in [1.165, 1.54) is 36.0 Å². The Morgan fingerprint density at radius 1 is 0.903 bits per heavy atom. The van der Waals surface area contributed by atoms with Crippen molar-refractivity contribution >= 4 is 52.6 Å². The smallest absolute Gasteiger partial charge is 0.338 e. The van der Waals surface area contributed by atoms with Crippen LogP contribution in [0.5, 0.6) is 0 Å². The monoisotopic (exact) mass is 455 g/mol. The van der Waals surface area contributed by atoms with Gasteiger partial charge in [0.15, 0.2) is 6.61 Å². The highest BCUT2D eigenvalue weighted by Gasteiger charge is 2.12. The minimum absolute atomic E-state index is 0.238. The van der Waals surface area contributed by atoms with Gasteiger partial charge in [0.2, 0.25) is 0 Å². The van der Waals surface area contributed by atoms with Gasteiger partial charge in [-0.25, -0.2) is 9.59 Å². The number of nitrogens with one attached hydrogen (secondary N) is 2. The normalized spacial score (nSPS) is 10.2. The standard InChI is InChI=1S/C22H18ClN3O4S/c23-15-7-11-17(12-8-15)31-19-4-2-1-3-18(19)26-20(27)13-30-21(28)14-5-9-16(10-6-14)25-22(24)29/h1-12H,13H2,(H,26,27)(H3,24,25,29). The second-order valence-electron chi connectivity index (χ2n) is 6.24. The van der Waals surface area contributed by atoms with E-state index < -0.39 is 24.5 Å². The van der Waals surface area contributed by atoms with E-state index in [2.05, 4.69) is 10.6 Å². The van der Waals surface area contributed by atoms with Crippen molar-refractivity contribution in [3.63, 3.8) is 0 Å². The number of anilines is 2. The maximum Gasteiger partial charge on any atom is 0.338 e. The zero-order valence-electron chi connectivity index (χ0n) is 16.1. The summed E-state index contributed by atoms with van der Waals surface area (Å²) >= 11 is 7.39. The lowest BCUT2D eigenvalue weighted by Crippen LogP contribution is -2.21. The number of hydrogen-bond acceptors (Lipinski definition) is 5. The minimum atomic E-state index is -0.707. The van der Waals surface area contributed by atoms with Gasteiger partial charge >= 0.3 is 12.0 Å². The summed E-state index contributed by atoms with van der Waals surface area (Å²) in [5, 5.41) is 5.79. The van der Waals surface area contributed by atoms with E-state index in [0.29, 0.717) is 16.4 Å². The predicted molar refractivity (Wildman–Crippen MR) is 121 cm³/mol. The summed E-state index contributed by atoms with van der Waals surface area (Å²) in [6.45, 7) is -0.444. The summed E-state index contributed by atoms with van der Waals surface area (Å²) in [5.74, 6) is -1.13. The summed E-state index contributed by atoms with van der Waals surface area (Å²) in [6, 6.07) is 19.9. The number of carbonyl (C=O) groups is 3. The first kappa shape index (κ1) is 22.2. The highest BCUT2D eigenvalue weighted by atomic mass is 35.5. The minimum Gasteiger partial charge on any atom is -0.452 e. The summed E-state index contributed by atoms with van der Waals surface area (Å²) in [6.07, 6.45) is 0. The van der Waals surface area contributed by atoms with Gasteiger partial charge in [-0.1, -0.05) is 35.5 Å². The third kappa shape index (κ3) is 6.77. The van der Waals surface area contributed by atoms with Crippen molar-refractivity contribution in [2.24, 2.45) is 5.73 Å². The Balaban J connectivity index is 1.56. The van der Waals surface area contributed by atoms with Crippen LogP contribution in [0, 0.1) is 0 Å². The molecule has 158 valence electrons. The van der Waals surface area contributed by atoms with Crippen LogP contribution in [0.1, 0.15) is 10.4 Å². The van der Waals surface area contributed by atoms with Crippen LogP contribution in [-0.4, -0.2) is 24.5 Å². The Morgan fingerprint density at radius 2 is 1.58 bits per heavy atom. The number of esters is 1. The van der Waals surface area contributed by atoms with Gasteiger partial charge in [-0.2, -0.15) is 0 Å². The molecule has 7 nitrogen and oxygen atoms in total. The first-order valence-corrected chi connectivity index (χ1v) is 10.3. The van der Waals surface area contributed by atoms with Gasteiger partial charge in [0, 0.05) is 20.5 Å². The molecule has 0 spiro atoms. The molecule has 0 saturated heterocycles.